The zero-order valence-electron chi connectivity index (χ0n) is 16.9. The summed E-state index contributed by atoms with van der Waals surface area (Å²) in [6.45, 7) is 12.3. The Labute approximate surface area is 162 Å². The first kappa shape index (κ1) is 21.2. The first-order chi connectivity index (χ1) is 13.2. The molecule has 27 heavy (non-hydrogen) atoms. The molecule has 2 aromatic rings. The molecule has 0 unspecified atom stereocenters. The number of guanidine groups is 1. The Kier molecular flexibility index (Phi) is 9.11. The number of aromatic nitrogens is 1. The molecule has 1 heterocycles. The van der Waals surface area contributed by atoms with Crippen molar-refractivity contribution in [2.45, 2.75) is 40.0 Å². The van der Waals surface area contributed by atoms with Gasteiger partial charge in [-0.25, -0.2) is 4.39 Å². The lowest BCUT2D eigenvalue weighted by atomic mass is 10.1. The fourth-order valence-corrected chi connectivity index (χ4v) is 3.19. The van der Waals surface area contributed by atoms with Gasteiger partial charge in [-0.15, -0.1) is 0 Å². The van der Waals surface area contributed by atoms with Crippen molar-refractivity contribution in [3.63, 3.8) is 0 Å². The van der Waals surface area contributed by atoms with Gasteiger partial charge in [0.25, 0.3) is 0 Å². The standard InChI is InChI=1S/C21H34FN5/c1-4-23-21(24-12-7-8-14-27(5-2)6-3)25-13-11-17-16-26-20-10-9-18(22)15-19(17)20/h9-10,15-16,26H,4-8,11-14H2,1-3H3,(H2,23,24,25). The van der Waals surface area contributed by atoms with Crippen LogP contribution in [0, 0.1) is 5.82 Å². The van der Waals surface area contributed by atoms with E-state index < -0.39 is 0 Å². The van der Waals surface area contributed by atoms with E-state index in [1.165, 1.54) is 12.5 Å². The molecular formula is C21H34FN5. The van der Waals surface area contributed by atoms with Gasteiger partial charge in [-0.1, -0.05) is 13.8 Å². The van der Waals surface area contributed by atoms with Crippen LogP contribution in [0.1, 0.15) is 39.2 Å². The van der Waals surface area contributed by atoms with Gasteiger partial charge in [-0.2, -0.15) is 0 Å². The van der Waals surface area contributed by atoms with Gasteiger partial charge in [-0.05, 0) is 69.6 Å². The summed E-state index contributed by atoms with van der Waals surface area (Å²) < 4.78 is 13.5. The van der Waals surface area contributed by atoms with E-state index in [2.05, 4.69) is 46.3 Å². The van der Waals surface area contributed by atoms with Crippen LogP contribution in [0.25, 0.3) is 10.9 Å². The number of unbranched alkanes of at least 4 members (excludes halogenated alkanes) is 1. The number of benzene rings is 1. The van der Waals surface area contributed by atoms with Crippen LogP contribution in [-0.4, -0.2) is 55.1 Å². The van der Waals surface area contributed by atoms with Crippen molar-refractivity contribution in [3.05, 3.63) is 35.8 Å². The van der Waals surface area contributed by atoms with Crippen molar-refractivity contribution in [2.75, 3.05) is 39.3 Å². The van der Waals surface area contributed by atoms with Crippen LogP contribution in [0.15, 0.2) is 29.4 Å². The minimum Gasteiger partial charge on any atom is -0.361 e. The van der Waals surface area contributed by atoms with Gasteiger partial charge < -0.3 is 20.5 Å². The topological polar surface area (TPSA) is 55.5 Å². The van der Waals surface area contributed by atoms with Crippen LogP contribution in [0.4, 0.5) is 4.39 Å². The fourth-order valence-electron chi connectivity index (χ4n) is 3.19. The number of aliphatic imine (C=N–C) groups is 1. The maximum atomic E-state index is 13.5. The summed E-state index contributed by atoms with van der Waals surface area (Å²) in [5, 5.41) is 7.63. The fraction of sp³-hybridized carbons (Fsp3) is 0.571. The van der Waals surface area contributed by atoms with Crippen molar-refractivity contribution >= 4 is 16.9 Å². The summed E-state index contributed by atoms with van der Waals surface area (Å²) in [5.41, 5.74) is 2.09. The molecule has 0 aliphatic carbocycles. The molecule has 0 fully saturated rings. The normalized spacial score (nSPS) is 12.1. The molecule has 0 atom stereocenters. The summed E-state index contributed by atoms with van der Waals surface area (Å²) >= 11 is 0. The van der Waals surface area contributed by atoms with E-state index in [9.17, 15) is 4.39 Å². The molecule has 3 N–H and O–H groups in total. The lowest BCUT2D eigenvalue weighted by molar-refractivity contribution is 0.297. The lowest BCUT2D eigenvalue weighted by Crippen LogP contribution is -2.38. The van der Waals surface area contributed by atoms with Crippen molar-refractivity contribution in [1.82, 2.24) is 20.5 Å². The third-order valence-electron chi connectivity index (χ3n) is 4.81. The number of nitrogens with zero attached hydrogens (tertiary/aromatic N) is 2. The van der Waals surface area contributed by atoms with Crippen LogP contribution in [0.2, 0.25) is 0 Å². The molecule has 1 aromatic carbocycles. The van der Waals surface area contributed by atoms with Gasteiger partial charge in [0.1, 0.15) is 5.82 Å². The molecule has 0 radical (unpaired) electrons. The largest absolute Gasteiger partial charge is 0.361 e. The molecule has 150 valence electrons. The highest BCUT2D eigenvalue weighted by Gasteiger charge is 2.05. The Hall–Kier alpha value is -2.08. The van der Waals surface area contributed by atoms with Crippen LogP contribution in [-0.2, 0) is 6.42 Å². The summed E-state index contributed by atoms with van der Waals surface area (Å²) in [6, 6.07) is 4.86. The summed E-state index contributed by atoms with van der Waals surface area (Å²) in [7, 11) is 0. The minimum atomic E-state index is -0.198. The van der Waals surface area contributed by atoms with Crippen molar-refractivity contribution in [2.24, 2.45) is 4.99 Å². The lowest BCUT2D eigenvalue weighted by Gasteiger charge is -2.17. The molecule has 0 spiro atoms. The Morgan fingerprint density at radius 2 is 1.96 bits per heavy atom. The highest BCUT2D eigenvalue weighted by molar-refractivity contribution is 5.83. The molecule has 1 aromatic heterocycles. The highest BCUT2D eigenvalue weighted by Crippen LogP contribution is 2.19. The van der Waals surface area contributed by atoms with E-state index in [0.717, 1.165) is 74.5 Å². The number of hydrogen-bond acceptors (Lipinski definition) is 2. The molecule has 6 heteroatoms. The van der Waals surface area contributed by atoms with Crippen molar-refractivity contribution in [3.8, 4) is 0 Å². The van der Waals surface area contributed by atoms with Gasteiger partial charge >= 0.3 is 0 Å². The average molecular weight is 376 g/mol. The van der Waals surface area contributed by atoms with E-state index in [0.29, 0.717) is 0 Å². The molecule has 0 bridgehead atoms. The average Bonchev–Trinajstić information content (AvgIpc) is 3.06. The number of rotatable bonds is 11. The van der Waals surface area contributed by atoms with Crippen LogP contribution < -0.4 is 10.6 Å². The maximum absolute atomic E-state index is 13.5. The molecule has 0 aliphatic rings. The SMILES string of the molecule is CCNC(=NCCCCN(CC)CC)NCCc1c[nH]c2ccc(F)cc12. The quantitative estimate of drug-likeness (QED) is 0.320. The Balaban J connectivity index is 1.78. The first-order valence-corrected chi connectivity index (χ1v) is 10.2. The zero-order chi connectivity index (χ0) is 19.5. The second-order valence-electron chi connectivity index (χ2n) is 6.68. The molecule has 5 nitrogen and oxygen atoms in total. The third-order valence-corrected chi connectivity index (χ3v) is 4.81. The zero-order valence-corrected chi connectivity index (χ0v) is 16.9. The Bertz CT molecular complexity index is 706. The molecule has 2 rings (SSSR count). The second-order valence-corrected chi connectivity index (χ2v) is 6.68. The molecule has 0 aliphatic heterocycles. The number of halogens is 1. The number of nitrogens with one attached hydrogen (secondary N) is 3. The summed E-state index contributed by atoms with van der Waals surface area (Å²) in [5.74, 6) is 0.655. The number of fused-ring (bicyclic) bond motifs is 1. The summed E-state index contributed by atoms with van der Waals surface area (Å²) in [6.07, 6.45) is 5.04. The van der Waals surface area contributed by atoms with Crippen LogP contribution in [0.5, 0.6) is 0 Å². The van der Waals surface area contributed by atoms with Crippen molar-refractivity contribution < 1.29 is 4.39 Å². The van der Waals surface area contributed by atoms with Gasteiger partial charge in [0.15, 0.2) is 5.96 Å². The first-order valence-electron chi connectivity index (χ1n) is 10.2. The number of aromatic amines is 1. The van der Waals surface area contributed by atoms with E-state index in [4.69, 9.17) is 0 Å². The highest BCUT2D eigenvalue weighted by atomic mass is 19.1. The molecule has 0 saturated heterocycles. The van der Waals surface area contributed by atoms with Crippen LogP contribution in [0.3, 0.4) is 0 Å². The van der Waals surface area contributed by atoms with E-state index in [1.807, 2.05) is 6.20 Å². The van der Waals surface area contributed by atoms with Crippen LogP contribution >= 0.6 is 0 Å². The smallest absolute Gasteiger partial charge is 0.191 e. The summed E-state index contributed by atoms with van der Waals surface area (Å²) in [4.78, 5) is 10.3. The minimum absolute atomic E-state index is 0.198. The van der Waals surface area contributed by atoms with E-state index in [1.54, 1.807) is 12.1 Å². The molecule has 0 amide bonds. The monoisotopic (exact) mass is 375 g/mol. The van der Waals surface area contributed by atoms with Gasteiger partial charge in [-0.3, -0.25) is 4.99 Å². The number of hydrogen-bond donors (Lipinski definition) is 3. The van der Waals surface area contributed by atoms with Gasteiger partial charge in [0.05, 0.1) is 0 Å². The number of H-pyrrole nitrogens is 1. The van der Waals surface area contributed by atoms with E-state index >= 15 is 0 Å². The van der Waals surface area contributed by atoms with Gasteiger partial charge in [0.2, 0.25) is 0 Å². The molecule has 0 saturated carbocycles. The van der Waals surface area contributed by atoms with Crippen molar-refractivity contribution in [1.29, 1.82) is 0 Å². The predicted octanol–water partition coefficient (Wildman–Crippen LogP) is 3.53. The van der Waals surface area contributed by atoms with Gasteiger partial charge in [0, 0.05) is 36.7 Å². The Morgan fingerprint density at radius 1 is 1.15 bits per heavy atom. The second kappa shape index (κ2) is 11.6. The Morgan fingerprint density at radius 3 is 2.70 bits per heavy atom. The third kappa shape index (κ3) is 6.86. The van der Waals surface area contributed by atoms with E-state index in [-0.39, 0.29) is 5.82 Å². The predicted molar refractivity (Wildman–Crippen MR) is 113 cm³/mol. The molecular weight excluding hydrogens is 341 g/mol. The maximum Gasteiger partial charge on any atom is 0.191 e.